The van der Waals surface area contributed by atoms with Crippen LogP contribution in [0.5, 0.6) is 0 Å². The molecule has 1 aromatic rings. The average molecular weight is 244 g/mol. The molecule has 0 unspecified atom stereocenters. The zero-order valence-electron chi connectivity index (χ0n) is 8.00. The standard InChI is InChI=1S/C9H10ClN3OS/c1-11-9(14)13-12-8(15)6-2-4-7(10)5-3-6/h2-5H,1H3,(H,12,15)(H2,11,13,14). The maximum Gasteiger partial charge on any atom is 0.333 e. The number of urea groups is 1. The SMILES string of the molecule is CNC(=O)NNC(=S)c1ccc(Cl)cc1. The Morgan fingerprint density at radius 1 is 1.27 bits per heavy atom. The number of benzene rings is 1. The molecule has 0 aromatic heterocycles. The molecule has 0 saturated carbocycles. The molecule has 0 spiro atoms. The summed E-state index contributed by atoms with van der Waals surface area (Å²) in [5.74, 6) is 0. The highest BCUT2D eigenvalue weighted by Crippen LogP contribution is 2.09. The number of hydrazine groups is 1. The normalized spacial score (nSPS) is 9.20. The Labute approximate surface area is 98.0 Å². The number of halogens is 1. The molecule has 0 aliphatic carbocycles. The first kappa shape index (κ1) is 11.7. The number of hydrogen-bond donors (Lipinski definition) is 3. The molecule has 0 fully saturated rings. The zero-order chi connectivity index (χ0) is 11.3. The van der Waals surface area contributed by atoms with Crippen molar-refractivity contribution in [3.63, 3.8) is 0 Å². The smallest absolute Gasteiger partial charge is 0.333 e. The van der Waals surface area contributed by atoms with E-state index in [9.17, 15) is 4.79 Å². The van der Waals surface area contributed by atoms with E-state index in [0.717, 1.165) is 5.56 Å². The molecule has 15 heavy (non-hydrogen) atoms. The Kier molecular flexibility index (Phi) is 4.33. The number of thiocarbonyl (C=S) groups is 1. The molecule has 0 saturated heterocycles. The summed E-state index contributed by atoms with van der Waals surface area (Å²) >= 11 is 10.8. The van der Waals surface area contributed by atoms with E-state index in [0.29, 0.717) is 10.0 Å². The number of amides is 2. The Morgan fingerprint density at radius 3 is 2.40 bits per heavy atom. The van der Waals surface area contributed by atoms with Crippen molar-refractivity contribution in [2.45, 2.75) is 0 Å². The van der Waals surface area contributed by atoms with Gasteiger partial charge < -0.3 is 5.32 Å². The van der Waals surface area contributed by atoms with Crippen molar-refractivity contribution in [1.82, 2.24) is 16.2 Å². The first-order valence-electron chi connectivity index (χ1n) is 4.17. The van der Waals surface area contributed by atoms with Crippen molar-refractivity contribution in [3.05, 3.63) is 34.9 Å². The van der Waals surface area contributed by atoms with Crippen molar-refractivity contribution in [3.8, 4) is 0 Å². The monoisotopic (exact) mass is 243 g/mol. The number of hydrogen-bond acceptors (Lipinski definition) is 2. The topological polar surface area (TPSA) is 53.2 Å². The van der Waals surface area contributed by atoms with Crippen molar-refractivity contribution in [1.29, 1.82) is 0 Å². The van der Waals surface area contributed by atoms with E-state index in [1.54, 1.807) is 24.3 Å². The van der Waals surface area contributed by atoms with Crippen LogP contribution in [0.2, 0.25) is 5.02 Å². The summed E-state index contributed by atoms with van der Waals surface area (Å²) in [6.45, 7) is 0. The third kappa shape index (κ3) is 3.73. The van der Waals surface area contributed by atoms with Gasteiger partial charge in [0, 0.05) is 17.6 Å². The van der Waals surface area contributed by atoms with Crippen molar-refractivity contribution >= 4 is 34.8 Å². The second-order valence-corrected chi connectivity index (χ2v) is 3.51. The molecule has 4 nitrogen and oxygen atoms in total. The first-order valence-corrected chi connectivity index (χ1v) is 4.95. The van der Waals surface area contributed by atoms with E-state index in [-0.39, 0.29) is 6.03 Å². The summed E-state index contributed by atoms with van der Waals surface area (Å²) in [6, 6.07) is 6.63. The van der Waals surface area contributed by atoms with E-state index < -0.39 is 0 Å². The number of rotatable bonds is 1. The van der Waals surface area contributed by atoms with Gasteiger partial charge in [0.1, 0.15) is 4.99 Å². The summed E-state index contributed by atoms with van der Waals surface area (Å²) in [7, 11) is 1.52. The van der Waals surface area contributed by atoms with Crippen LogP contribution in [0.25, 0.3) is 0 Å². The van der Waals surface area contributed by atoms with Gasteiger partial charge in [-0.3, -0.25) is 10.9 Å². The van der Waals surface area contributed by atoms with E-state index >= 15 is 0 Å². The maximum absolute atomic E-state index is 10.8. The fraction of sp³-hybridized carbons (Fsp3) is 0.111. The highest BCUT2D eigenvalue weighted by atomic mass is 35.5. The quantitative estimate of drug-likeness (QED) is 0.517. The van der Waals surface area contributed by atoms with Gasteiger partial charge in [-0.1, -0.05) is 36.0 Å². The first-order chi connectivity index (χ1) is 7.13. The zero-order valence-corrected chi connectivity index (χ0v) is 9.58. The van der Waals surface area contributed by atoms with Gasteiger partial charge in [-0.05, 0) is 12.1 Å². The van der Waals surface area contributed by atoms with Gasteiger partial charge in [-0.2, -0.15) is 0 Å². The summed E-state index contributed by atoms with van der Waals surface area (Å²) in [5, 5.41) is 3.03. The van der Waals surface area contributed by atoms with Crippen LogP contribution >= 0.6 is 23.8 Å². The fourth-order valence-corrected chi connectivity index (χ4v) is 1.16. The molecule has 1 aromatic carbocycles. The summed E-state index contributed by atoms with van der Waals surface area (Å²) < 4.78 is 0. The molecular weight excluding hydrogens is 234 g/mol. The van der Waals surface area contributed by atoms with Gasteiger partial charge >= 0.3 is 6.03 Å². The second kappa shape index (κ2) is 5.53. The van der Waals surface area contributed by atoms with Gasteiger partial charge in [0.05, 0.1) is 0 Å². The third-order valence-corrected chi connectivity index (χ3v) is 2.21. The lowest BCUT2D eigenvalue weighted by Gasteiger charge is -2.08. The van der Waals surface area contributed by atoms with Gasteiger partial charge in [-0.25, -0.2) is 4.79 Å². The number of carbonyl (C=O) groups excluding carboxylic acids is 1. The predicted molar refractivity (Wildman–Crippen MR) is 63.9 cm³/mol. The van der Waals surface area contributed by atoms with Crippen LogP contribution in [0.4, 0.5) is 4.79 Å². The largest absolute Gasteiger partial charge is 0.340 e. The predicted octanol–water partition coefficient (Wildman–Crippen LogP) is 1.45. The van der Waals surface area contributed by atoms with Crippen molar-refractivity contribution in [2.24, 2.45) is 0 Å². The lowest BCUT2D eigenvalue weighted by molar-refractivity contribution is 0.241. The minimum absolute atomic E-state index is 0.355. The molecule has 1 rings (SSSR count). The van der Waals surface area contributed by atoms with Crippen LogP contribution in [0, 0.1) is 0 Å². The molecule has 0 bridgehead atoms. The van der Waals surface area contributed by atoms with Crippen molar-refractivity contribution < 1.29 is 4.79 Å². The van der Waals surface area contributed by atoms with Gasteiger partial charge in [0.25, 0.3) is 0 Å². The van der Waals surface area contributed by atoms with Gasteiger partial charge in [-0.15, -0.1) is 0 Å². The lowest BCUT2D eigenvalue weighted by Crippen LogP contribution is -2.45. The Bertz CT molecular complexity index is 366. The van der Waals surface area contributed by atoms with Crippen LogP contribution in [0.3, 0.4) is 0 Å². The average Bonchev–Trinajstić information content (AvgIpc) is 2.26. The summed E-state index contributed by atoms with van der Waals surface area (Å²) in [5.41, 5.74) is 5.75. The molecule has 3 N–H and O–H groups in total. The molecule has 0 atom stereocenters. The molecule has 0 aliphatic rings. The van der Waals surface area contributed by atoms with Crippen LogP contribution in [0.1, 0.15) is 5.56 Å². The van der Waals surface area contributed by atoms with Crippen molar-refractivity contribution in [2.75, 3.05) is 7.05 Å². The minimum Gasteiger partial charge on any atom is -0.340 e. The van der Waals surface area contributed by atoms with E-state index in [1.165, 1.54) is 7.05 Å². The molecule has 0 aliphatic heterocycles. The summed E-state index contributed by atoms with van der Waals surface area (Å²) in [4.78, 5) is 11.3. The highest BCUT2D eigenvalue weighted by Gasteiger charge is 2.01. The molecule has 0 radical (unpaired) electrons. The van der Waals surface area contributed by atoms with Crippen LogP contribution in [-0.4, -0.2) is 18.1 Å². The van der Waals surface area contributed by atoms with Gasteiger partial charge in [0.2, 0.25) is 0 Å². The van der Waals surface area contributed by atoms with Gasteiger partial charge in [0.15, 0.2) is 0 Å². The van der Waals surface area contributed by atoms with E-state index in [4.69, 9.17) is 23.8 Å². The Balaban J connectivity index is 2.54. The highest BCUT2D eigenvalue weighted by molar-refractivity contribution is 7.80. The number of carbonyl (C=O) groups is 1. The maximum atomic E-state index is 10.8. The van der Waals surface area contributed by atoms with E-state index in [1.807, 2.05) is 0 Å². The van der Waals surface area contributed by atoms with Crippen LogP contribution in [-0.2, 0) is 0 Å². The Hall–Kier alpha value is -1.33. The second-order valence-electron chi connectivity index (χ2n) is 2.67. The molecular formula is C9H10ClN3OS. The Morgan fingerprint density at radius 2 is 1.87 bits per heavy atom. The summed E-state index contributed by atoms with van der Waals surface area (Å²) in [6.07, 6.45) is 0. The molecule has 2 amide bonds. The lowest BCUT2D eigenvalue weighted by atomic mass is 10.2. The van der Waals surface area contributed by atoms with E-state index in [2.05, 4.69) is 16.2 Å². The molecule has 80 valence electrons. The minimum atomic E-state index is -0.355. The molecule has 6 heteroatoms. The number of nitrogens with one attached hydrogen (secondary N) is 3. The third-order valence-electron chi connectivity index (χ3n) is 1.62. The molecule has 0 heterocycles. The van der Waals surface area contributed by atoms with Crippen LogP contribution in [0.15, 0.2) is 24.3 Å². The van der Waals surface area contributed by atoms with Crippen LogP contribution < -0.4 is 16.2 Å². The fourth-order valence-electron chi connectivity index (χ4n) is 0.849.